The number of hydrogen-bond acceptors (Lipinski definition) is 3. The molecule has 0 saturated heterocycles. The Hall–Kier alpha value is -6.78. The number of hydrogen-bond donors (Lipinski definition) is 0. The maximum Gasteiger partial charge on any atom is 0.0640 e. The molecule has 2 heterocycles. The highest BCUT2D eigenvalue weighted by Crippen LogP contribution is 2.47. The largest absolute Gasteiger partial charge is 0.309 e. The lowest BCUT2D eigenvalue weighted by Crippen LogP contribution is -2.10. The molecule has 11 aromatic rings. The Bertz CT molecular complexity index is 3230. The first kappa shape index (κ1) is 33.5. The van der Waals surface area contributed by atoms with E-state index in [0.717, 1.165) is 11.4 Å². The van der Waals surface area contributed by atoms with Crippen molar-refractivity contribution < 1.29 is 0 Å². The van der Waals surface area contributed by atoms with Gasteiger partial charge < -0.3 is 4.90 Å². The number of rotatable bonds is 7. The van der Waals surface area contributed by atoms with Crippen LogP contribution in [0.4, 0.5) is 17.1 Å². The second kappa shape index (κ2) is 14.1. The number of anilines is 3. The normalized spacial score (nSPS) is 11.5. The molecular weight excluding hydrogens is 727 g/mol. The zero-order valence-corrected chi connectivity index (χ0v) is 32.6. The molecule has 0 spiro atoms. The van der Waals surface area contributed by atoms with Gasteiger partial charge in [-0.25, -0.2) is 0 Å². The van der Waals surface area contributed by atoms with Crippen LogP contribution in [-0.4, -0.2) is 0 Å². The van der Waals surface area contributed by atoms with Crippen molar-refractivity contribution in [1.82, 2.24) is 0 Å². The molecule has 0 aliphatic carbocycles. The highest BCUT2D eigenvalue weighted by Gasteiger charge is 2.21. The molecule has 268 valence electrons. The molecule has 9 aromatic carbocycles. The average molecular weight is 762 g/mol. The standard InChI is InChI=1S/C54H35NS2/c1-3-14-36(15-4-1)42-18-7-8-19-43(42)38-26-29-40(30-27-38)55(50-23-13-22-48-46-21-10-12-25-52(46)57-54(48)50)41-31-33-44(37-16-5-2-6-17-37)49(35-41)39-28-32-47-45-20-9-11-24-51(45)56-53(47)34-39/h1-35H. The van der Waals surface area contributed by atoms with Gasteiger partial charge in [0, 0.05) is 47.0 Å². The van der Waals surface area contributed by atoms with Crippen LogP contribution in [0.15, 0.2) is 212 Å². The molecule has 0 amide bonds. The summed E-state index contributed by atoms with van der Waals surface area (Å²) in [6.07, 6.45) is 0. The van der Waals surface area contributed by atoms with E-state index in [1.165, 1.54) is 90.5 Å². The van der Waals surface area contributed by atoms with E-state index >= 15 is 0 Å². The van der Waals surface area contributed by atoms with Crippen molar-refractivity contribution in [2.24, 2.45) is 0 Å². The predicted octanol–water partition coefficient (Wildman–Crippen LogP) is 16.6. The third-order valence-corrected chi connectivity index (χ3v) is 13.5. The van der Waals surface area contributed by atoms with Crippen molar-refractivity contribution in [3.05, 3.63) is 212 Å². The predicted molar refractivity (Wildman–Crippen MR) is 249 cm³/mol. The van der Waals surface area contributed by atoms with Gasteiger partial charge in [-0.2, -0.15) is 0 Å². The van der Waals surface area contributed by atoms with Gasteiger partial charge in [-0.1, -0.05) is 164 Å². The Balaban J connectivity index is 1.12. The summed E-state index contributed by atoms with van der Waals surface area (Å²) in [6, 6.07) is 77.6. The van der Waals surface area contributed by atoms with Gasteiger partial charge in [0.05, 0.1) is 10.4 Å². The van der Waals surface area contributed by atoms with Gasteiger partial charge >= 0.3 is 0 Å². The summed E-state index contributed by atoms with van der Waals surface area (Å²) in [6.45, 7) is 0. The number of fused-ring (bicyclic) bond motifs is 6. The highest BCUT2D eigenvalue weighted by molar-refractivity contribution is 7.26. The lowest BCUT2D eigenvalue weighted by molar-refractivity contribution is 1.30. The minimum atomic E-state index is 1.11. The molecule has 0 fully saturated rings. The fourth-order valence-electron chi connectivity index (χ4n) is 8.40. The molecule has 0 saturated carbocycles. The van der Waals surface area contributed by atoms with Crippen LogP contribution in [0.3, 0.4) is 0 Å². The minimum Gasteiger partial charge on any atom is -0.309 e. The Morgan fingerprint density at radius 3 is 1.49 bits per heavy atom. The van der Waals surface area contributed by atoms with E-state index in [0.29, 0.717) is 0 Å². The molecule has 2 aromatic heterocycles. The molecule has 1 nitrogen and oxygen atoms in total. The molecule has 0 aliphatic rings. The monoisotopic (exact) mass is 761 g/mol. The topological polar surface area (TPSA) is 3.24 Å². The Morgan fingerprint density at radius 1 is 0.281 bits per heavy atom. The number of thiophene rings is 2. The first-order valence-electron chi connectivity index (χ1n) is 19.3. The third-order valence-electron chi connectivity index (χ3n) is 11.1. The molecule has 3 heteroatoms. The summed E-state index contributed by atoms with van der Waals surface area (Å²) in [5.74, 6) is 0. The Morgan fingerprint density at radius 2 is 0.789 bits per heavy atom. The SMILES string of the molecule is c1ccc(-c2ccccc2-c2ccc(N(c3ccc(-c4ccccc4)c(-c4ccc5c(c4)sc4ccccc45)c3)c3cccc4c3sc3ccccc34)cc2)cc1. The van der Waals surface area contributed by atoms with Crippen molar-refractivity contribution in [2.75, 3.05) is 4.90 Å². The molecule has 0 aliphatic heterocycles. The fraction of sp³-hybridized carbons (Fsp3) is 0. The van der Waals surface area contributed by atoms with Crippen LogP contribution in [-0.2, 0) is 0 Å². The van der Waals surface area contributed by atoms with Crippen LogP contribution in [0, 0.1) is 0 Å². The van der Waals surface area contributed by atoms with Crippen molar-refractivity contribution in [3.63, 3.8) is 0 Å². The second-order valence-corrected chi connectivity index (χ2v) is 16.6. The van der Waals surface area contributed by atoms with E-state index in [1.807, 2.05) is 22.7 Å². The summed E-state index contributed by atoms with van der Waals surface area (Å²) in [5, 5.41) is 5.20. The van der Waals surface area contributed by atoms with E-state index in [1.54, 1.807) is 0 Å². The average Bonchev–Trinajstić information content (AvgIpc) is 3.86. The van der Waals surface area contributed by atoms with E-state index in [4.69, 9.17) is 0 Å². The quantitative estimate of drug-likeness (QED) is 0.156. The van der Waals surface area contributed by atoms with Crippen molar-refractivity contribution >= 4 is 80.1 Å². The van der Waals surface area contributed by atoms with Gasteiger partial charge in [0.1, 0.15) is 0 Å². The Labute approximate surface area is 340 Å². The molecule has 57 heavy (non-hydrogen) atoms. The van der Waals surface area contributed by atoms with Crippen molar-refractivity contribution in [3.8, 4) is 44.5 Å². The number of nitrogens with zero attached hydrogens (tertiary/aromatic N) is 1. The van der Waals surface area contributed by atoms with Gasteiger partial charge in [-0.05, 0) is 93.0 Å². The molecule has 11 rings (SSSR count). The van der Waals surface area contributed by atoms with E-state index in [2.05, 4.69) is 217 Å². The van der Waals surface area contributed by atoms with Crippen molar-refractivity contribution in [2.45, 2.75) is 0 Å². The fourth-order valence-corrected chi connectivity index (χ4v) is 10.8. The minimum absolute atomic E-state index is 1.11. The first-order valence-corrected chi connectivity index (χ1v) is 21.0. The van der Waals surface area contributed by atoms with E-state index in [-0.39, 0.29) is 0 Å². The van der Waals surface area contributed by atoms with E-state index in [9.17, 15) is 0 Å². The summed E-state index contributed by atoms with van der Waals surface area (Å²) in [5.41, 5.74) is 13.1. The van der Waals surface area contributed by atoms with Gasteiger partial charge in [0.25, 0.3) is 0 Å². The summed E-state index contributed by atoms with van der Waals surface area (Å²) in [4.78, 5) is 2.46. The lowest BCUT2D eigenvalue weighted by Gasteiger charge is -2.27. The van der Waals surface area contributed by atoms with Gasteiger partial charge in [0.2, 0.25) is 0 Å². The van der Waals surface area contributed by atoms with Gasteiger partial charge in [-0.3, -0.25) is 0 Å². The molecule has 0 atom stereocenters. The summed E-state index contributed by atoms with van der Waals surface area (Å²) < 4.78 is 5.19. The van der Waals surface area contributed by atoms with Crippen LogP contribution in [0.1, 0.15) is 0 Å². The zero-order chi connectivity index (χ0) is 37.7. The van der Waals surface area contributed by atoms with Crippen LogP contribution in [0.5, 0.6) is 0 Å². The van der Waals surface area contributed by atoms with Gasteiger partial charge in [-0.15, -0.1) is 22.7 Å². The second-order valence-electron chi connectivity index (χ2n) is 14.5. The third kappa shape index (κ3) is 5.91. The molecule has 0 N–H and O–H groups in total. The lowest BCUT2D eigenvalue weighted by atomic mass is 9.93. The summed E-state index contributed by atoms with van der Waals surface area (Å²) >= 11 is 3.74. The van der Waals surface area contributed by atoms with Gasteiger partial charge in [0.15, 0.2) is 0 Å². The van der Waals surface area contributed by atoms with Crippen LogP contribution in [0.2, 0.25) is 0 Å². The smallest absolute Gasteiger partial charge is 0.0640 e. The highest BCUT2D eigenvalue weighted by atomic mass is 32.1. The molecule has 0 radical (unpaired) electrons. The maximum atomic E-state index is 2.46. The number of benzene rings is 9. The molecule has 0 unspecified atom stereocenters. The zero-order valence-electron chi connectivity index (χ0n) is 31.0. The molecule has 0 bridgehead atoms. The van der Waals surface area contributed by atoms with E-state index < -0.39 is 0 Å². The maximum absolute atomic E-state index is 2.46. The van der Waals surface area contributed by atoms with Crippen LogP contribution in [0.25, 0.3) is 84.9 Å². The Kier molecular flexibility index (Phi) is 8.28. The van der Waals surface area contributed by atoms with Crippen LogP contribution < -0.4 is 4.90 Å². The first-order chi connectivity index (χ1) is 28.3. The van der Waals surface area contributed by atoms with Crippen molar-refractivity contribution in [1.29, 1.82) is 0 Å². The molecular formula is C54H35NS2. The summed E-state index contributed by atoms with van der Waals surface area (Å²) in [7, 11) is 0. The van der Waals surface area contributed by atoms with Crippen LogP contribution >= 0.6 is 22.7 Å².